The van der Waals surface area contributed by atoms with Crippen LogP contribution >= 0.6 is 22.7 Å². The third-order valence-corrected chi connectivity index (χ3v) is 7.61. The molecule has 4 nitrogen and oxygen atoms in total. The average molecular weight is 440 g/mol. The molecule has 6 heteroatoms. The van der Waals surface area contributed by atoms with E-state index in [1.54, 1.807) is 22.7 Å². The van der Waals surface area contributed by atoms with Gasteiger partial charge in [0.25, 0.3) is 0 Å². The van der Waals surface area contributed by atoms with Crippen LogP contribution in [0, 0.1) is 12.8 Å². The largest absolute Gasteiger partial charge is 0.312 e. The Kier molecular flexibility index (Phi) is 6.76. The van der Waals surface area contributed by atoms with Crippen molar-refractivity contribution in [1.29, 1.82) is 0 Å². The molecule has 0 bridgehead atoms. The van der Waals surface area contributed by atoms with Gasteiger partial charge in [0.15, 0.2) is 0 Å². The number of ketones is 1. The van der Waals surface area contributed by atoms with E-state index in [1.807, 2.05) is 19.2 Å². The molecule has 158 valence electrons. The highest BCUT2D eigenvalue weighted by Gasteiger charge is 2.25. The van der Waals surface area contributed by atoms with E-state index < -0.39 is 0 Å². The molecule has 0 radical (unpaired) electrons. The maximum atomic E-state index is 12.7. The number of rotatable bonds is 8. The van der Waals surface area contributed by atoms with Crippen molar-refractivity contribution in [2.45, 2.75) is 59.4 Å². The number of Topliss-reactive ketones (excluding diaryl/α,β-unsaturated/α-hetero) is 1. The molecule has 0 saturated heterocycles. The van der Waals surface area contributed by atoms with Gasteiger partial charge in [-0.25, -0.2) is 4.98 Å². The van der Waals surface area contributed by atoms with Gasteiger partial charge in [0.1, 0.15) is 10.8 Å². The Morgan fingerprint density at radius 2 is 2.17 bits per heavy atom. The van der Waals surface area contributed by atoms with Crippen LogP contribution < -0.4 is 5.32 Å². The van der Waals surface area contributed by atoms with Gasteiger partial charge in [-0.2, -0.15) is 0 Å². The molecule has 3 aromatic rings. The molecule has 0 aliphatic carbocycles. The van der Waals surface area contributed by atoms with Crippen molar-refractivity contribution in [2.24, 2.45) is 5.92 Å². The Bertz CT molecular complexity index is 1020. The van der Waals surface area contributed by atoms with E-state index >= 15 is 0 Å². The zero-order valence-corrected chi connectivity index (χ0v) is 19.6. The van der Waals surface area contributed by atoms with Crippen molar-refractivity contribution in [3.63, 3.8) is 0 Å². The number of pyridine rings is 1. The van der Waals surface area contributed by atoms with E-state index in [0.29, 0.717) is 24.5 Å². The van der Waals surface area contributed by atoms with Gasteiger partial charge >= 0.3 is 0 Å². The number of hydrogen-bond acceptors (Lipinski definition) is 6. The monoisotopic (exact) mass is 439 g/mol. The molecule has 0 atom stereocenters. The third-order valence-electron chi connectivity index (χ3n) is 5.52. The van der Waals surface area contributed by atoms with Gasteiger partial charge in [0.2, 0.25) is 0 Å². The van der Waals surface area contributed by atoms with Crippen LogP contribution in [0.25, 0.3) is 21.8 Å². The summed E-state index contributed by atoms with van der Waals surface area (Å²) in [4.78, 5) is 24.7. The van der Waals surface area contributed by atoms with Crippen LogP contribution in [0.15, 0.2) is 23.7 Å². The fourth-order valence-corrected chi connectivity index (χ4v) is 6.23. The quantitative estimate of drug-likeness (QED) is 0.480. The number of thiazole rings is 1. The molecule has 1 N–H and O–H groups in total. The fourth-order valence-electron chi connectivity index (χ4n) is 3.88. The van der Waals surface area contributed by atoms with Crippen LogP contribution in [0.1, 0.15) is 54.1 Å². The number of carbonyl (C=O) groups excluding carboxylic acids is 1. The SMILES string of the molecule is Cc1ccc(-c2csc(-c3c(CC(=O)CCCC(C)C)sc4c3CCNC4)n2)cn1. The minimum Gasteiger partial charge on any atom is -0.312 e. The predicted molar refractivity (Wildman–Crippen MR) is 126 cm³/mol. The van der Waals surface area contributed by atoms with Crippen LogP contribution in [0.5, 0.6) is 0 Å². The van der Waals surface area contributed by atoms with Gasteiger partial charge in [-0.1, -0.05) is 20.3 Å². The highest BCUT2D eigenvalue weighted by Crippen LogP contribution is 2.41. The molecule has 0 amide bonds. The van der Waals surface area contributed by atoms with E-state index in [0.717, 1.165) is 54.3 Å². The number of fused-ring (bicyclic) bond motifs is 1. The molecule has 0 fully saturated rings. The lowest BCUT2D eigenvalue weighted by Gasteiger charge is -2.13. The maximum Gasteiger partial charge on any atom is 0.138 e. The summed E-state index contributed by atoms with van der Waals surface area (Å²) >= 11 is 3.48. The summed E-state index contributed by atoms with van der Waals surface area (Å²) in [5.41, 5.74) is 5.63. The number of carbonyl (C=O) groups is 1. The van der Waals surface area contributed by atoms with Crippen LogP contribution in [0.4, 0.5) is 0 Å². The van der Waals surface area contributed by atoms with Gasteiger partial charge < -0.3 is 5.32 Å². The van der Waals surface area contributed by atoms with E-state index in [4.69, 9.17) is 4.98 Å². The zero-order chi connectivity index (χ0) is 21.1. The number of thiophene rings is 1. The maximum absolute atomic E-state index is 12.7. The average Bonchev–Trinajstić information content (AvgIpc) is 3.32. The summed E-state index contributed by atoms with van der Waals surface area (Å²) in [6.07, 6.45) is 6.21. The van der Waals surface area contributed by atoms with Gasteiger partial charge in [-0.15, -0.1) is 22.7 Å². The van der Waals surface area contributed by atoms with Crippen molar-refractivity contribution in [2.75, 3.05) is 6.54 Å². The second-order valence-corrected chi connectivity index (χ2v) is 10.5. The Labute approximate surface area is 186 Å². The van der Waals surface area contributed by atoms with Gasteiger partial charge in [0.05, 0.1) is 5.69 Å². The van der Waals surface area contributed by atoms with Crippen molar-refractivity contribution < 1.29 is 4.79 Å². The molecule has 0 unspecified atom stereocenters. The van der Waals surface area contributed by atoms with Crippen molar-refractivity contribution >= 4 is 28.5 Å². The first-order valence-electron chi connectivity index (χ1n) is 10.8. The standard InChI is InChI=1S/C24H29N3OS2/c1-15(2)5-4-6-18(28)11-21-23(19-9-10-25-13-22(19)30-21)24-27-20(14-29-24)17-8-7-16(3)26-12-17/h7-8,12,14-15,25H,4-6,9-11,13H2,1-3H3. The van der Waals surface area contributed by atoms with E-state index in [9.17, 15) is 4.79 Å². The predicted octanol–water partition coefficient (Wildman–Crippen LogP) is 5.83. The Morgan fingerprint density at radius 1 is 1.30 bits per heavy atom. The lowest BCUT2D eigenvalue weighted by atomic mass is 9.99. The minimum atomic E-state index is 0.350. The lowest BCUT2D eigenvalue weighted by Crippen LogP contribution is -2.22. The first kappa shape index (κ1) is 21.3. The fraction of sp³-hybridized carbons (Fsp3) is 0.458. The molecule has 4 rings (SSSR count). The summed E-state index contributed by atoms with van der Waals surface area (Å²) in [7, 11) is 0. The van der Waals surface area contributed by atoms with Crippen molar-refractivity contribution in [3.8, 4) is 21.8 Å². The summed E-state index contributed by atoms with van der Waals surface area (Å²) < 4.78 is 0. The molecule has 3 aromatic heterocycles. The second-order valence-electron chi connectivity index (χ2n) is 8.46. The third kappa shape index (κ3) is 4.88. The summed E-state index contributed by atoms with van der Waals surface area (Å²) in [5, 5.41) is 6.62. The lowest BCUT2D eigenvalue weighted by molar-refractivity contribution is -0.118. The topological polar surface area (TPSA) is 54.9 Å². The Morgan fingerprint density at radius 3 is 2.93 bits per heavy atom. The van der Waals surface area contributed by atoms with Crippen LogP contribution in [0.2, 0.25) is 0 Å². The number of nitrogens with one attached hydrogen (secondary N) is 1. The van der Waals surface area contributed by atoms with Crippen molar-refractivity contribution in [3.05, 3.63) is 44.7 Å². The van der Waals surface area contributed by atoms with Crippen LogP contribution in [-0.2, 0) is 24.2 Å². The molecule has 1 aliphatic heterocycles. The van der Waals surface area contributed by atoms with E-state index in [1.165, 1.54) is 20.9 Å². The Balaban J connectivity index is 1.61. The van der Waals surface area contributed by atoms with E-state index in [2.05, 4.69) is 35.6 Å². The van der Waals surface area contributed by atoms with Gasteiger partial charge in [0, 0.05) is 57.5 Å². The molecular formula is C24H29N3OS2. The van der Waals surface area contributed by atoms with Crippen LogP contribution in [0.3, 0.4) is 0 Å². The highest BCUT2D eigenvalue weighted by atomic mass is 32.1. The number of nitrogens with zero attached hydrogens (tertiary/aromatic N) is 2. The van der Waals surface area contributed by atoms with Crippen LogP contribution in [-0.4, -0.2) is 22.3 Å². The number of aromatic nitrogens is 2. The molecule has 0 spiro atoms. The number of aryl methyl sites for hydroxylation is 1. The molecule has 4 heterocycles. The molecule has 30 heavy (non-hydrogen) atoms. The minimum absolute atomic E-state index is 0.350. The summed E-state index contributed by atoms with van der Waals surface area (Å²) in [6.45, 7) is 8.30. The summed E-state index contributed by atoms with van der Waals surface area (Å²) in [6, 6.07) is 4.10. The Hall–Kier alpha value is -1.89. The van der Waals surface area contributed by atoms with Gasteiger partial charge in [-0.3, -0.25) is 9.78 Å². The first-order chi connectivity index (χ1) is 14.5. The smallest absolute Gasteiger partial charge is 0.138 e. The number of hydrogen-bond donors (Lipinski definition) is 1. The molecule has 0 aromatic carbocycles. The first-order valence-corrected chi connectivity index (χ1v) is 12.5. The molecule has 1 aliphatic rings. The molecule has 0 saturated carbocycles. The second kappa shape index (κ2) is 9.50. The molecular weight excluding hydrogens is 410 g/mol. The van der Waals surface area contributed by atoms with Crippen molar-refractivity contribution in [1.82, 2.24) is 15.3 Å². The summed E-state index contributed by atoms with van der Waals surface area (Å²) in [5.74, 6) is 1.00. The highest BCUT2D eigenvalue weighted by molar-refractivity contribution is 7.15. The normalized spacial score (nSPS) is 13.6. The van der Waals surface area contributed by atoms with Gasteiger partial charge in [-0.05, 0) is 49.9 Å². The van der Waals surface area contributed by atoms with E-state index in [-0.39, 0.29) is 0 Å². The zero-order valence-electron chi connectivity index (χ0n) is 18.0.